The van der Waals surface area contributed by atoms with Crippen LogP contribution in [0.1, 0.15) is 37.9 Å². The number of alkyl halides is 1. The summed E-state index contributed by atoms with van der Waals surface area (Å²) in [6.07, 6.45) is 2.27. The number of ether oxygens (including phenoxy) is 1. The van der Waals surface area contributed by atoms with Gasteiger partial charge in [-0.25, -0.2) is 4.98 Å². The Balaban J connectivity index is 2.40. The molecular formula is C13H20ClNO. The van der Waals surface area contributed by atoms with Crippen LogP contribution in [0.3, 0.4) is 0 Å². The predicted octanol–water partition coefficient (Wildman–Crippen LogP) is 3.94. The Labute approximate surface area is 103 Å². The van der Waals surface area contributed by atoms with Gasteiger partial charge in [-0.3, -0.25) is 0 Å². The molecule has 1 rings (SSSR count). The van der Waals surface area contributed by atoms with E-state index in [9.17, 15) is 0 Å². The average Bonchev–Trinajstić information content (AvgIpc) is 2.24. The lowest BCUT2D eigenvalue weighted by Crippen LogP contribution is -2.02. The quantitative estimate of drug-likeness (QED) is 0.556. The van der Waals surface area contributed by atoms with Gasteiger partial charge in [0.05, 0.1) is 6.61 Å². The molecule has 0 fully saturated rings. The van der Waals surface area contributed by atoms with Gasteiger partial charge in [0, 0.05) is 17.6 Å². The van der Waals surface area contributed by atoms with Crippen molar-refractivity contribution in [2.45, 2.75) is 39.5 Å². The van der Waals surface area contributed by atoms with E-state index in [1.807, 2.05) is 19.1 Å². The zero-order valence-corrected chi connectivity index (χ0v) is 11.0. The van der Waals surface area contributed by atoms with Crippen molar-refractivity contribution in [1.29, 1.82) is 0 Å². The van der Waals surface area contributed by atoms with Gasteiger partial charge >= 0.3 is 0 Å². The van der Waals surface area contributed by atoms with E-state index >= 15 is 0 Å². The topological polar surface area (TPSA) is 22.1 Å². The number of nitrogens with zero attached hydrogens (tertiary/aromatic N) is 1. The maximum Gasteiger partial charge on any atom is 0.213 e. The van der Waals surface area contributed by atoms with Crippen LogP contribution < -0.4 is 4.74 Å². The van der Waals surface area contributed by atoms with Crippen molar-refractivity contribution in [3.63, 3.8) is 0 Å². The molecule has 0 N–H and O–H groups in total. The molecule has 0 aliphatic heterocycles. The highest BCUT2D eigenvalue weighted by Gasteiger charge is 2.01. The summed E-state index contributed by atoms with van der Waals surface area (Å²) in [4.78, 5) is 4.35. The van der Waals surface area contributed by atoms with Crippen molar-refractivity contribution < 1.29 is 4.74 Å². The minimum atomic E-state index is 0.506. The molecule has 0 unspecified atom stereocenters. The van der Waals surface area contributed by atoms with Gasteiger partial charge in [0.1, 0.15) is 0 Å². The molecule has 0 aliphatic carbocycles. The van der Waals surface area contributed by atoms with Gasteiger partial charge in [0.15, 0.2) is 0 Å². The Morgan fingerprint density at radius 2 is 2.12 bits per heavy atom. The molecule has 0 atom stereocenters. The first-order chi connectivity index (χ1) is 7.63. The number of hydrogen-bond donors (Lipinski definition) is 0. The Morgan fingerprint density at radius 1 is 1.38 bits per heavy atom. The summed E-state index contributed by atoms with van der Waals surface area (Å²) in [5.74, 6) is 1.94. The van der Waals surface area contributed by atoms with E-state index < -0.39 is 0 Å². The Hall–Kier alpha value is -0.760. The van der Waals surface area contributed by atoms with Crippen molar-refractivity contribution in [1.82, 2.24) is 4.98 Å². The number of halogens is 1. The highest BCUT2D eigenvalue weighted by Crippen LogP contribution is 2.14. The smallest absolute Gasteiger partial charge is 0.213 e. The first-order valence-electron chi connectivity index (χ1n) is 5.78. The van der Waals surface area contributed by atoms with E-state index in [-0.39, 0.29) is 0 Å². The Morgan fingerprint density at radius 3 is 2.69 bits per heavy atom. The van der Waals surface area contributed by atoms with Crippen LogP contribution in [0, 0.1) is 12.8 Å². The van der Waals surface area contributed by atoms with Gasteiger partial charge in [-0.1, -0.05) is 19.9 Å². The van der Waals surface area contributed by atoms with Crippen LogP contribution in [0.25, 0.3) is 0 Å². The average molecular weight is 242 g/mol. The van der Waals surface area contributed by atoms with Crippen LogP contribution in [-0.2, 0) is 5.88 Å². The molecule has 0 aliphatic rings. The fourth-order valence-corrected chi connectivity index (χ4v) is 1.74. The van der Waals surface area contributed by atoms with Crippen molar-refractivity contribution >= 4 is 11.6 Å². The molecule has 0 spiro atoms. The van der Waals surface area contributed by atoms with Gasteiger partial charge in [-0.2, -0.15) is 0 Å². The summed E-state index contributed by atoms with van der Waals surface area (Å²) < 4.78 is 5.58. The summed E-state index contributed by atoms with van der Waals surface area (Å²) in [6.45, 7) is 7.14. The van der Waals surface area contributed by atoms with E-state index in [2.05, 4.69) is 18.8 Å². The molecule has 0 saturated heterocycles. The number of aryl methyl sites for hydroxylation is 1. The molecule has 0 amide bonds. The number of hydrogen-bond acceptors (Lipinski definition) is 2. The SMILES string of the molecule is Cc1nc(OCCCC(C)C)ccc1CCl. The van der Waals surface area contributed by atoms with E-state index in [0.29, 0.717) is 11.8 Å². The zero-order chi connectivity index (χ0) is 12.0. The van der Waals surface area contributed by atoms with Crippen LogP contribution in [0.2, 0.25) is 0 Å². The lowest BCUT2D eigenvalue weighted by molar-refractivity contribution is 0.286. The third-order valence-electron chi connectivity index (χ3n) is 2.49. The summed E-state index contributed by atoms with van der Waals surface area (Å²) in [7, 11) is 0. The fourth-order valence-electron chi connectivity index (χ4n) is 1.46. The summed E-state index contributed by atoms with van der Waals surface area (Å²) >= 11 is 5.77. The first-order valence-corrected chi connectivity index (χ1v) is 6.32. The maximum atomic E-state index is 5.77. The molecule has 0 bridgehead atoms. The second kappa shape index (κ2) is 6.74. The van der Waals surface area contributed by atoms with Crippen LogP contribution in [0.4, 0.5) is 0 Å². The molecule has 0 saturated carbocycles. The Bertz CT molecular complexity index is 326. The van der Waals surface area contributed by atoms with Crippen LogP contribution in [0.5, 0.6) is 5.88 Å². The Kier molecular flexibility index (Phi) is 5.61. The van der Waals surface area contributed by atoms with Crippen LogP contribution >= 0.6 is 11.6 Å². The van der Waals surface area contributed by atoms with Gasteiger partial charge in [-0.15, -0.1) is 11.6 Å². The number of aromatic nitrogens is 1. The van der Waals surface area contributed by atoms with E-state index in [4.69, 9.17) is 16.3 Å². The lowest BCUT2D eigenvalue weighted by Gasteiger charge is -2.08. The maximum absolute atomic E-state index is 5.77. The second-order valence-corrected chi connectivity index (χ2v) is 4.68. The molecule has 1 aromatic rings. The molecule has 0 aromatic carbocycles. The molecule has 1 heterocycles. The summed E-state index contributed by atoms with van der Waals surface area (Å²) in [5.41, 5.74) is 2.02. The standard InChI is InChI=1S/C13H20ClNO/c1-10(2)5-4-8-16-13-7-6-12(9-14)11(3)15-13/h6-7,10H,4-5,8-9H2,1-3H3. The van der Waals surface area contributed by atoms with E-state index in [0.717, 1.165) is 30.2 Å². The fraction of sp³-hybridized carbons (Fsp3) is 0.615. The van der Waals surface area contributed by atoms with Crippen molar-refractivity contribution in [2.24, 2.45) is 5.92 Å². The molecule has 0 radical (unpaired) electrons. The molecule has 3 heteroatoms. The monoisotopic (exact) mass is 241 g/mol. The molecule has 16 heavy (non-hydrogen) atoms. The van der Waals surface area contributed by atoms with Gasteiger partial charge in [0.25, 0.3) is 0 Å². The molecule has 1 aromatic heterocycles. The minimum absolute atomic E-state index is 0.506. The third-order valence-corrected chi connectivity index (χ3v) is 2.78. The van der Waals surface area contributed by atoms with Crippen LogP contribution in [-0.4, -0.2) is 11.6 Å². The van der Waals surface area contributed by atoms with Gasteiger partial charge in [-0.05, 0) is 31.2 Å². The summed E-state index contributed by atoms with van der Waals surface area (Å²) in [5, 5.41) is 0. The summed E-state index contributed by atoms with van der Waals surface area (Å²) in [6, 6.07) is 3.87. The van der Waals surface area contributed by atoms with Gasteiger partial charge in [0.2, 0.25) is 5.88 Å². The molecule has 2 nitrogen and oxygen atoms in total. The zero-order valence-electron chi connectivity index (χ0n) is 10.3. The van der Waals surface area contributed by atoms with Crippen molar-refractivity contribution in [3.05, 3.63) is 23.4 Å². The molecule has 90 valence electrons. The largest absolute Gasteiger partial charge is 0.478 e. The lowest BCUT2D eigenvalue weighted by atomic mass is 10.1. The predicted molar refractivity (Wildman–Crippen MR) is 68.1 cm³/mol. The normalized spacial score (nSPS) is 10.8. The van der Waals surface area contributed by atoms with Crippen molar-refractivity contribution in [2.75, 3.05) is 6.61 Å². The highest BCUT2D eigenvalue weighted by molar-refractivity contribution is 6.17. The van der Waals surface area contributed by atoms with Crippen LogP contribution in [0.15, 0.2) is 12.1 Å². The van der Waals surface area contributed by atoms with E-state index in [1.54, 1.807) is 0 Å². The third kappa shape index (κ3) is 4.40. The number of rotatable bonds is 6. The first kappa shape index (κ1) is 13.3. The van der Waals surface area contributed by atoms with Gasteiger partial charge < -0.3 is 4.74 Å². The van der Waals surface area contributed by atoms with Crippen molar-refractivity contribution in [3.8, 4) is 5.88 Å². The van der Waals surface area contributed by atoms with E-state index in [1.165, 1.54) is 6.42 Å². The number of pyridine rings is 1. The minimum Gasteiger partial charge on any atom is -0.478 e. The highest BCUT2D eigenvalue weighted by atomic mass is 35.5. The second-order valence-electron chi connectivity index (χ2n) is 4.41. The molecular weight excluding hydrogens is 222 g/mol.